The highest BCUT2D eigenvalue weighted by atomic mass is 35.5. The third-order valence-corrected chi connectivity index (χ3v) is 4.04. The van der Waals surface area contributed by atoms with Crippen molar-refractivity contribution in [2.75, 3.05) is 13.1 Å². The van der Waals surface area contributed by atoms with Crippen molar-refractivity contribution in [3.8, 4) is 0 Å². The van der Waals surface area contributed by atoms with Crippen molar-refractivity contribution in [2.24, 2.45) is 0 Å². The number of aromatic nitrogens is 2. The number of imidazole rings is 1. The predicted octanol–water partition coefficient (Wildman–Crippen LogP) is 3.01. The van der Waals surface area contributed by atoms with Crippen LogP contribution in [0.3, 0.4) is 0 Å². The number of hydrogen-bond acceptors (Lipinski definition) is 2. The highest BCUT2D eigenvalue weighted by Crippen LogP contribution is 2.23. The number of rotatable bonds is 2. The normalized spacial score (nSPS) is 16.4. The molecule has 1 aromatic carbocycles. The Kier molecular flexibility index (Phi) is 3.74. The molecule has 104 valence electrons. The molecule has 0 unspecified atom stereocenters. The van der Waals surface area contributed by atoms with Gasteiger partial charge in [0.2, 0.25) is 0 Å². The lowest BCUT2D eigenvalue weighted by atomic mass is 10.0. The molecule has 0 atom stereocenters. The van der Waals surface area contributed by atoms with E-state index >= 15 is 0 Å². The number of likely N-dealkylation sites (tertiary alicyclic amines) is 1. The zero-order valence-corrected chi connectivity index (χ0v) is 11.8. The van der Waals surface area contributed by atoms with Gasteiger partial charge in [-0.05, 0) is 37.1 Å². The Morgan fingerprint density at radius 3 is 2.50 bits per heavy atom. The molecule has 0 N–H and O–H groups in total. The van der Waals surface area contributed by atoms with Gasteiger partial charge in [0.15, 0.2) is 0 Å². The summed E-state index contributed by atoms with van der Waals surface area (Å²) in [5, 5.41) is 0.653. The van der Waals surface area contributed by atoms with E-state index in [-0.39, 0.29) is 5.91 Å². The van der Waals surface area contributed by atoms with Crippen LogP contribution in [0.2, 0.25) is 5.02 Å². The van der Waals surface area contributed by atoms with Crippen molar-refractivity contribution >= 4 is 17.5 Å². The zero-order valence-electron chi connectivity index (χ0n) is 11.1. The maximum Gasteiger partial charge on any atom is 0.253 e. The van der Waals surface area contributed by atoms with E-state index < -0.39 is 0 Å². The van der Waals surface area contributed by atoms with Crippen molar-refractivity contribution in [3.05, 3.63) is 53.6 Å². The van der Waals surface area contributed by atoms with Crippen LogP contribution in [-0.4, -0.2) is 33.4 Å². The summed E-state index contributed by atoms with van der Waals surface area (Å²) in [5.41, 5.74) is 0.704. The van der Waals surface area contributed by atoms with E-state index in [1.165, 1.54) is 0 Å². The number of amides is 1. The first-order chi connectivity index (χ1) is 9.74. The summed E-state index contributed by atoms with van der Waals surface area (Å²) in [5.74, 6) is 0.0887. The lowest BCUT2D eigenvalue weighted by Gasteiger charge is -2.32. The lowest BCUT2D eigenvalue weighted by Crippen LogP contribution is -2.38. The molecular formula is C15H16ClN3O. The van der Waals surface area contributed by atoms with Crippen LogP contribution in [0.25, 0.3) is 0 Å². The number of halogens is 1. The molecule has 0 aliphatic carbocycles. The average Bonchev–Trinajstić information content (AvgIpc) is 3.02. The number of carbonyl (C=O) groups is 1. The van der Waals surface area contributed by atoms with Gasteiger partial charge in [-0.15, -0.1) is 0 Å². The molecule has 1 fully saturated rings. The molecule has 4 nitrogen and oxygen atoms in total. The summed E-state index contributed by atoms with van der Waals surface area (Å²) in [6, 6.07) is 7.53. The van der Waals surface area contributed by atoms with Crippen molar-refractivity contribution in [3.63, 3.8) is 0 Å². The summed E-state index contributed by atoms with van der Waals surface area (Å²) in [6.45, 7) is 1.56. The van der Waals surface area contributed by atoms with E-state index in [0.29, 0.717) is 16.6 Å². The minimum atomic E-state index is 0.0887. The van der Waals surface area contributed by atoms with E-state index in [1.54, 1.807) is 30.5 Å². The fraction of sp³-hybridized carbons (Fsp3) is 0.333. The molecular weight excluding hydrogens is 274 g/mol. The molecule has 1 aromatic heterocycles. The van der Waals surface area contributed by atoms with E-state index in [0.717, 1.165) is 25.9 Å². The predicted molar refractivity (Wildman–Crippen MR) is 77.9 cm³/mol. The summed E-state index contributed by atoms with van der Waals surface area (Å²) in [6.07, 6.45) is 7.57. The Hall–Kier alpha value is -1.81. The van der Waals surface area contributed by atoms with Crippen LogP contribution in [-0.2, 0) is 0 Å². The highest BCUT2D eigenvalue weighted by Gasteiger charge is 2.24. The summed E-state index contributed by atoms with van der Waals surface area (Å²) < 4.78 is 2.13. The van der Waals surface area contributed by atoms with Gasteiger partial charge in [-0.1, -0.05) is 11.6 Å². The number of nitrogens with zero attached hydrogens (tertiary/aromatic N) is 3. The molecule has 0 saturated carbocycles. The van der Waals surface area contributed by atoms with Gasteiger partial charge < -0.3 is 9.47 Å². The van der Waals surface area contributed by atoms with Crippen molar-refractivity contribution in [1.29, 1.82) is 0 Å². The summed E-state index contributed by atoms with van der Waals surface area (Å²) in [4.78, 5) is 18.4. The first kappa shape index (κ1) is 13.2. The molecule has 1 aliphatic rings. The minimum Gasteiger partial charge on any atom is -0.338 e. The molecule has 5 heteroatoms. The van der Waals surface area contributed by atoms with Gasteiger partial charge >= 0.3 is 0 Å². The van der Waals surface area contributed by atoms with Crippen LogP contribution >= 0.6 is 11.6 Å². The summed E-state index contributed by atoms with van der Waals surface area (Å²) in [7, 11) is 0. The van der Waals surface area contributed by atoms with Crippen LogP contribution < -0.4 is 0 Å². The smallest absolute Gasteiger partial charge is 0.253 e. The van der Waals surface area contributed by atoms with Crippen LogP contribution in [0.5, 0.6) is 0 Å². The topological polar surface area (TPSA) is 38.1 Å². The second-order valence-electron chi connectivity index (χ2n) is 5.04. The Balaban J connectivity index is 1.63. The molecule has 0 radical (unpaired) electrons. The number of piperidine rings is 1. The first-order valence-corrected chi connectivity index (χ1v) is 7.14. The second-order valence-corrected chi connectivity index (χ2v) is 5.48. The molecule has 0 bridgehead atoms. The number of carbonyl (C=O) groups excluding carboxylic acids is 1. The van der Waals surface area contributed by atoms with Gasteiger partial charge in [-0.2, -0.15) is 0 Å². The van der Waals surface area contributed by atoms with Crippen LogP contribution in [0.15, 0.2) is 43.0 Å². The third kappa shape index (κ3) is 2.70. The monoisotopic (exact) mass is 289 g/mol. The second kappa shape index (κ2) is 5.67. The molecule has 0 spiro atoms. The fourth-order valence-electron chi connectivity index (χ4n) is 2.63. The molecule has 2 heterocycles. The zero-order chi connectivity index (χ0) is 13.9. The Labute approximate surface area is 123 Å². The van der Waals surface area contributed by atoms with Crippen LogP contribution in [0, 0.1) is 0 Å². The molecule has 20 heavy (non-hydrogen) atoms. The van der Waals surface area contributed by atoms with E-state index in [4.69, 9.17) is 11.6 Å². The lowest BCUT2D eigenvalue weighted by molar-refractivity contribution is 0.0694. The van der Waals surface area contributed by atoms with Crippen molar-refractivity contribution < 1.29 is 4.79 Å². The SMILES string of the molecule is O=C(c1ccc(Cl)cc1)N1CCC(n2ccnc2)CC1. The average molecular weight is 290 g/mol. The third-order valence-electron chi connectivity index (χ3n) is 3.79. The standard InChI is InChI=1S/C15H16ClN3O/c16-13-3-1-12(2-4-13)15(20)18-8-5-14(6-9-18)19-10-7-17-11-19/h1-4,7,10-11,14H,5-6,8-9H2. The quantitative estimate of drug-likeness (QED) is 0.852. The van der Waals surface area contributed by atoms with Crippen molar-refractivity contribution in [1.82, 2.24) is 14.5 Å². The largest absolute Gasteiger partial charge is 0.338 e. The number of benzene rings is 1. The van der Waals surface area contributed by atoms with Gasteiger partial charge in [0, 0.05) is 42.1 Å². The number of hydrogen-bond donors (Lipinski definition) is 0. The van der Waals surface area contributed by atoms with Gasteiger partial charge in [0.25, 0.3) is 5.91 Å². The van der Waals surface area contributed by atoms with E-state index in [9.17, 15) is 4.79 Å². The fourth-order valence-corrected chi connectivity index (χ4v) is 2.75. The summed E-state index contributed by atoms with van der Waals surface area (Å²) >= 11 is 5.84. The van der Waals surface area contributed by atoms with Crippen LogP contribution in [0.1, 0.15) is 29.2 Å². The van der Waals surface area contributed by atoms with Gasteiger partial charge in [-0.25, -0.2) is 4.98 Å². The Morgan fingerprint density at radius 2 is 1.90 bits per heavy atom. The van der Waals surface area contributed by atoms with E-state index in [1.807, 2.05) is 17.4 Å². The van der Waals surface area contributed by atoms with Gasteiger partial charge in [0.1, 0.15) is 0 Å². The van der Waals surface area contributed by atoms with Crippen LogP contribution in [0.4, 0.5) is 0 Å². The minimum absolute atomic E-state index is 0.0887. The molecule has 1 amide bonds. The molecule has 1 saturated heterocycles. The molecule has 2 aromatic rings. The Bertz CT molecular complexity index is 572. The molecule has 3 rings (SSSR count). The Morgan fingerprint density at radius 1 is 1.20 bits per heavy atom. The van der Waals surface area contributed by atoms with Gasteiger partial charge in [0.05, 0.1) is 6.33 Å². The highest BCUT2D eigenvalue weighted by molar-refractivity contribution is 6.30. The van der Waals surface area contributed by atoms with Gasteiger partial charge in [-0.3, -0.25) is 4.79 Å². The van der Waals surface area contributed by atoms with Crippen molar-refractivity contribution in [2.45, 2.75) is 18.9 Å². The maximum absolute atomic E-state index is 12.4. The first-order valence-electron chi connectivity index (χ1n) is 6.76. The maximum atomic E-state index is 12.4. The van der Waals surface area contributed by atoms with E-state index in [2.05, 4.69) is 9.55 Å². The molecule has 1 aliphatic heterocycles.